The van der Waals surface area contributed by atoms with Crippen LogP contribution in [0.5, 0.6) is 0 Å². The number of rotatable bonds is 6. The molecule has 122 valence electrons. The molecule has 1 saturated heterocycles. The van der Waals surface area contributed by atoms with E-state index in [0.29, 0.717) is 13.1 Å². The number of hydrogen-bond acceptors (Lipinski definition) is 3. The van der Waals surface area contributed by atoms with E-state index in [9.17, 15) is 9.59 Å². The normalized spacial score (nSPS) is 17.3. The van der Waals surface area contributed by atoms with Crippen LogP contribution in [0.4, 0.5) is 5.69 Å². The number of hydrogen-bond donors (Lipinski definition) is 2. The van der Waals surface area contributed by atoms with E-state index in [2.05, 4.69) is 26.6 Å². The van der Waals surface area contributed by atoms with Crippen LogP contribution in [0.2, 0.25) is 0 Å². The fraction of sp³-hybridized carbons (Fsp3) is 0.467. The highest BCUT2D eigenvalue weighted by atomic mass is 79.9. The van der Waals surface area contributed by atoms with Crippen molar-refractivity contribution in [1.82, 2.24) is 10.6 Å². The van der Waals surface area contributed by atoms with Gasteiger partial charge in [0.25, 0.3) is 0 Å². The van der Waals surface area contributed by atoms with Crippen LogP contribution in [0.25, 0.3) is 0 Å². The van der Waals surface area contributed by atoms with Crippen molar-refractivity contribution in [2.45, 2.75) is 13.3 Å². The highest BCUT2D eigenvalue weighted by Crippen LogP contribution is 2.31. The van der Waals surface area contributed by atoms with Gasteiger partial charge in [0.15, 0.2) is 0 Å². The van der Waals surface area contributed by atoms with E-state index in [1.165, 1.54) is 0 Å². The summed E-state index contributed by atoms with van der Waals surface area (Å²) < 4.78 is 0.867. The second-order valence-electron chi connectivity index (χ2n) is 5.00. The maximum atomic E-state index is 12.1. The zero-order valence-corrected chi connectivity index (χ0v) is 14.9. The van der Waals surface area contributed by atoms with Crippen molar-refractivity contribution in [3.05, 3.63) is 28.7 Å². The number of benzene rings is 1. The van der Waals surface area contributed by atoms with Crippen LogP contribution in [0, 0.1) is 5.92 Å². The summed E-state index contributed by atoms with van der Waals surface area (Å²) in [4.78, 5) is 25.9. The lowest BCUT2D eigenvalue weighted by Crippen LogP contribution is -2.37. The van der Waals surface area contributed by atoms with Crippen molar-refractivity contribution in [2.75, 3.05) is 31.1 Å². The van der Waals surface area contributed by atoms with Crippen molar-refractivity contribution in [3.8, 4) is 0 Å². The molecule has 1 aromatic rings. The molecule has 1 atom stereocenters. The van der Waals surface area contributed by atoms with E-state index in [-0.39, 0.29) is 36.6 Å². The quantitative estimate of drug-likeness (QED) is 0.730. The van der Waals surface area contributed by atoms with Crippen molar-refractivity contribution in [2.24, 2.45) is 5.92 Å². The summed E-state index contributed by atoms with van der Waals surface area (Å²) in [5, 5.41) is 6.02. The van der Waals surface area contributed by atoms with E-state index in [4.69, 9.17) is 0 Å². The second-order valence-corrected chi connectivity index (χ2v) is 5.86. The first-order valence-corrected chi connectivity index (χ1v) is 7.96. The van der Waals surface area contributed by atoms with Gasteiger partial charge in [-0.3, -0.25) is 9.59 Å². The molecule has 1 aliphatic rings. The van der Waals surface area contributed by atoms with Crippen LogP contribution in [-0.4, -0.2) is 38.0 Å². The van der Waals surface area contributed by atoms with Gasteiger partial charge in [-0.2, -0.15) is 0 Å². The first-order valence-electron chi connectivity index (χ1n) is 7.16. The smallest absolute Gasteiger partial charge is 0.227 e. The molecular weight excluding hydrogens is 370 g/mol. The van der Waals surface area contributed by atoms with E-state index in [1.807, 2.05) is 31.2 Å². The van der Waals surface area contributed by atoms with Gasteiger partial charge in [0, 0.05) is 30.5 Å². The maximum Gasteiger partial charge on any atom is 0.227 e. The minimum atomic E-state index is -0.272. The number of amides is 2. The number of likely N-dealkylation sites (N-methyl/N-ethyl adjacent to an activating group) is 1. The molecule has 1 fully saturated rings. The Bertz CT molecular complexity index is 527. The van der Waals surface area contributed by atoms with Crippen LogP contribution in [-0.2, 0) is 9.59 Å². The van der Waals surface area contributed by atoms with Crippen molar-refractivity contribution in [3.63, 3.8) is 0 Å². The summed E-state index contributed by atoms with van der Waals surface area (Å²) in [5.41, 5.74) is 0.824. The molecule has 1 aliphatic heterocycles. The summed E-state index contributed by atoms with van der Waals surface area (Å²) in [5.74, 6) is -0.323. The fourth-order valence-corrected chi connectivity index (χ4v) is 2.88. The molecule has 1 aromatic carbocycles. The molecule has 0 aromatic heterocycles. The van der Waals surface area contributed by atoms with Gasteiger partial charge in [-0.05, 0) is 34.6 Å². The van der Waals surface area contributed by atoms with Crippen LogP contribution in [0.3, 0.4) is 0 Å². The van der Waals surface area contributed by atoms with Crippen molar-refractivity contribution < 1.29 is 9.59 Å². The average Bonchev–Trinajstić information content (AvgIpc) is 2.86. The molecule has 2 N–H and O–H groups in total. The fourth-order valence-electron chi connectivity index (χ4n) is 2.38. The molecule has 7 heteroatoms. The summed E-state index contributed by atoms with van der Waals surface area (Å²) >= 11 is 3.45. The number of nitrogens with zero attached hydrogens (tertiary/aromatic N) is 1. The molecule has 5 nitrogen and oxygen atoms in total. The Hall–Kier alpha value is -1.11. The van der Waals surface area contributed by atoms with E-state index in [1.54, 1.807) is 4.90 Å². The Morgan fingerprint density at radius 3 is 2.77 bits per heavy atom. The molecule has 22 heavy (non-hydrogen) atoms. The Morgan fingerprint density at radius 2 is 2.09 bits per heavy atom. The minimum absolute atomic E-state index is 0. The Balaban J connectivity index is 0.00000242. The largest absolute Gasteiger partial charge is 0.355 e. The predicted octanol–water partition coefficient (Wildman–Crippen LogP) is 1.95. The maximum absolute atomic E-state index is 12.1. The molecule has 0 bridgehead atoms. The third-order valence-electron chi connectivity index (χ3n) is 3.49. The van der Waals surface area contributed by atoms with Gasteiger partial charge in [0.2, 0.25) is 11.8 Å². The lowest BCUT2D eigenvalue weighted by atomic mass is 10.1. The molecular formula is C15H21BrClN3O2. The molecule has 2 amide bonds. The minimum Gasteiger partial charge on any atom is -0.355 e. The first-order chi connectivity index (χ1) is 10.1. The zero-order chi connectivity index (χ0) is 15.2. The third-order valence-corrected chi connectivity index (χ3v) is 4.16. The van der Waals surface area contributed by atoms with E-state index < -0.39 is 0 Å². The van der Waals surface area contributed by atoms with Gasteiger partial charge >= 0.3 is 0 Å². The number of nitrogens with one attached hydrogen (secondary N) is 2. The number of carbonyl (C=O) groups is 2. The third kappa shape index (κ3) is 4.69. The predicted molar refractivity (Wildman–Crippen MR) is 93.4 cm³/mol. The molecule has 0 aliphatic carbocycles. The zero-order valence-electron chi connectivity index (χ0n) is 12.5. The second kappa shape index (κ2) is 9.12. The topological polar surface area (TPSA) is 61.4 Å². The summed E-state index contributed by atoms with van der Waals surface area (Å²) in [6.45, 7) is 4.68. The lowest BCUT2D eigenvalue weighted by Gasteiger charge is -2.18. The highest BCUT2D eigenvalue weighted by molar-refractivity contribution is 9.10. The van der Waals surface area contributed by atoms with Gasteiger partial charge in [-0.15, -0.1) is 12.4 Å². The number of halogens is 2. The molecule has 2 rings (SSSR count). The summed E-state index contributed by atoms with van der Waals surface area (Å²) in [7, 11) is 0. The van der Waals surface area contributed by atoms with Gasteiger partial charge in [-0.25, -0.2) is 0 Å². The number of carbonyl (C=O) groups excluding carboxylic acids is 2. The van der Waals surface area contributed by atoms with Crippen LogP contribution < -0.4 is 15.5 Å². The molecule has 0 saturated carbocycles. The molecule has 0 radical (unpaired) electrons. The summed E-state index contributed by atoms with van der Waals surface area (Å²) in [6, 6.07) is 7.57. The van der Waals surface area contributed by atoms with Crippen LogP contribution >= 0.6 is 28.3 Å². The van der Waals surface area contributed by atoms with Gasteiger partial charge in [0.1, 0.15) is 0 Å². The lowest BCUT2D eigenvalue weighted by molar-refractivity contribution is -0.126. The average molecular weight is 391 g/mol. The van der Waals surface area contributed by atoms with Gasteiger partial charge < -0.3 is 15.5 Å². The SMILES string of the molecule is CCNCCNC(=O)C1CC(=O)N(c2ccccc2Br)C1.Cl. The van der Waals surface area contributed by atoms with Crippen molar-refractivity contribution in [1.29, 1.82) is 0 Å². The van der Waals surface area contributed by atoms with Crippen molar-refractivity contribution >= 4 is 45.8 Å². The standard InChI is InChI=1S/C15H20BrN3O2.ClH/c1-2-17-7-8-18-15(21)11-9-14(20)19(10-11)13-6-4-3-5-12(13)16;/h3-6,11,17H,2,7-10H2,1H3,(H,18,21);1H. The Labute approximate surface area is 145 Å². The molecule has 0 spiro atoms. The first kappa shape index (κ1) is 18.9. The Morgan fingerprint density at radius 1 is 1.36 bits per heavy atom. The summed E-state index contributed by atoms with van der Waals surface area (Å²) in [6.07, 6.45) is 0.272. The van der Waals surface area contributed by atoms with E-state index in [0.717, 1.165) is 23.2 Å². The molecule has 1 unspecified atom stereocenters. The van der Waals surface area contributed by atoms with Crippen LogP contribution in [0.1, 0.15) is 13.3 Å². The highest BCUT2D eigenvalue weighted by Gasteiger charge is 2.35. The van der Waals surface area contributed by atoms with E-state index >= 15 is 0 Å². The molecule has 1 heterocycles. The van der Waals surface area contributed by atoms with Crippen LogP contribution in [0.15, 0.2) is 28.7 Å². The monoisotopic (exact) mass is 389 g/mol. The van der Waals surface area contributed by atoms with Gasteiger partial charge in [-0.1, -0.05) is 19.1 Å². The number of anilines is 1. The number of para-hydroxylation sites is 1. The van der Waals surface area contributed by atoms with Gasteiger partial charge in [0.05, 0.1) is 11.6 Å². The Kier molecular flexibility index (Phi) is 7.85.